The van der Waals surface area contributed by atoms with Crippen LogP contribution in [0.15, 0.2) is 109 Å². The largest absolute Gasteiger partial charge is 0.573 e. The summed E-state index contributed by atoms with van der Waals surface area (Å²) in [5.74, 6) is -0.239. The van der Waals surface area contributed by atoms with Crippen molar-refractivity contribution in [3.63, 3.8) is 0 Å². The monoisotopic (exact) mass is 588 g/mol. The summed E-state index contributed by atoms with van der Waals surface area (Å²) in [6.45, 7) is 0. The van der Waals surface area contributed by atoms with Crippen LogP contribution in [0.4, 0.5) is 13.2 Å². The highest BCUT2D eigenvalue weighted by Crippen LogP contribution is 2.30. The number of aliphatic carboxylic acids is 1. The lowest BCUT2D eigenvalue weighted by Crippen LogP contribution is -2.20. The highest BCUT2D eigenvalue weighted by atomic mass is 19.4. The molecule has 1 unspecified atom stereocenters. The Morgan fingerprint density at radius 3 is 2.02 bits per heavy atom. The molecule has 43 heavy (non-hydrogen) atoms. The molecule has 1 atom stereocenters. The Balaban J connectivity index is 1.41. The van der Waals surface area contributed by atoms with Crippen LogP contribution in [0.2, 0.25) is 0 Å². The number of rotatable bonds is 11. The highest BCUT2D eigenvalue weighted by molar-refractivity contribution is 5.71. The minimum Gasteiger partial charge on any atom is -0.497 e. The lowest BCUT2D eigenvalue weighted by atomic mass is 9.94. The van der Waals surface area contributed by atoms with Crippen molar-refractivity contribution in [3.8, 4) is 39.9 Å². The Morgan fingerprint density at radius 1 is 0.814 bits per heavy atom. The smallest absolute Gasteiger partial charge is 0.497 e. The van der Waals surface area contributed by atoms with E-state index in [1.807, 2.05) is 84.9 Å². The predicted octanol–water partition coefficient (Wildman–Crippen LogP) is 7.72. The Kier molecular flexibility index (Phi) is 8.66. The quantitative estimate of drug-likeness (QED) is 0.170. The van der Waals surface area contributed by atoms with Crippen LogP contribution < -0.4 is 14.2 Å². The number of ether oxygens (including phenoxy) is 3. The molecule has 5 rings (SSSR count). The minimum atomic E-state index is -4.80. The van der Waals surface area contributed by atoms with E-state index in [2.05, 4.69) is 4.74 Å². The first-order valence-corrected chi connectivity index (χ1v) is 13.3. The van der Waals surface area contributed by atoms with E-state index in [-0.39, 0.29) is 18.6 Å². The first-order valence-electron chi connectivity index (χ1n) is 13.3. The first-order chi connectivity index (χ1) is 20.7. The SMILES string of the molecule is COc1ccc(-n2nc(CC(Cc3ccc(OC(F)(F)F)cc3)C(=O)O)cc2-c2ccc(Oc3ccccc3)cc2)cc1. The zero-order valence-corrected chi connectivity index (χ0v) is 23.0. The zero-order valence-electron chi connectivity index (χ0n) is 23.0. The van der Waals surface area contributed by atoms with Gasteiger partial charge in [0, 0.05) is 12.0 Å². The molecule has 5 aromatic rings. The molecule has 0 aliphatic heterocycles. The minimum absolute atomic E-state index is 0.0951. The molecule has 0 saturated carbocycles. The second-order valence-electron chi connectivity index (χ2n) is 9.71. The van der Waals surface area contributed by atoms with E-state index >= 15 is 0 Å². The Labute approximate surface area is 245 Å². The van der Waals surface area contributed by atoms with Crippen molar-refractivity contribution >= 4 is 5.97 Å². The van der Waals surface area contributed by atoms with Crippen LogP contribution in [0.1, 0.15) is 11.3 Å². The van der Waals surface area contributed by atoms with Crippen LogP contribution in [0, 0.1) is 5.92 Å². The van der Waals surface area contributed by atoms with E-state index in [4.69, 9.17) is 14.6 Å². The number of methoxy groups -OCH3 is 1. The van der Waals surface area contributed by atoms with Gasteiger partial charge in [0.2, 0.25) is 0 Å². The second kappa shape index (κ2) is 12.7. The Bertz CT molecular complexity index is 1650. The topological polar surface area (TPSA) is 82.8 Å². The van der Waals surface area contributed by atoms with Gasteiger partial charge in [-0.15, -0.1) is 13.2 Å². The maximum absolute atomic E-state index is 12.5. The number of carbonyl (C=O) groups is 1. The molecule has 10 heteroatoms. The van der Waals surface area contributed by atoms with Crippen molar-refractivity contribution in [1.29, 1.82) is 0 Å². The molecule has 1 heterocycles. The molecule has 0 amide bonds. The molecule has 0 radical (unpaired) electrons. The van der Waals surface area contributed by atoms with Crippen LogP contribution >= 0.6 is 0 Å². The Hall–Kier alpha value is -5.25. The summed E-state index contributed by atoms with van der Waals surface area (Å²) in [5.41, 5.74) is 3.43. The average Bonchev–Trinajstić information content (AvgIpc) is 3.42. The maximum atomic E-state index is 12.5. The third-order valence-corrected chi connectivity index (χ3v) is 6.65. The number of para-hydroxylation sites is 1. The molecule has 0 aliphatic carbocycles. The van der Waals surface area contributed by atoms with E-state index in [9.17, 15) is 23.1 Å². The first kappa shape index (κ1) is 29.2. The number of carboxylic acids is 1. The van der Waals surface area contributed by atoms with Gasteiger partial charge in [0.15, 0.2) is 0 Å². The number of aromatic nitrogens is 2. The van der Waals surface area contributed by atoms with Crippen molar-refractivity contribution in [3.05, 3.63) is 120 Å². The lowest BCUT2D eigenvalue weighted by Gasteiger charge is -2.12. The van der Waals surface area contributed by atoms with Gasteiger partial charge >= 0.3 is 12.3 Å². The predicted molar refractivity (Wildman–Crippen MR) is 154 cm³/mol. The van der Waals surface area contributed by atoms with Crippen molar-refractivity contribution in [2.45, 2.75) is 19.2 Å². The van der Waals surface area contributed by atoms with E-state index in [1.54, 1.807) is 11.8 Å². The van der Waals surface area contributed by atoms with E-state index in [0.717, 1.165) is 16.9 Å². The number of hydrogen-bond acceptors (Lipinski definition) is 5. The summed E-state index contributed by atoms with van der Waals surface area (Å²) in [5, 5.41) is 14.7. The van der Waals surface area contributed by atoms with Gasteiger partial charge < -0.3 is 19.3 Å². The van der Waals surface area contributed by atoms with Gasteiger partial charge in [-0.2, -0.15) is 5.10 Å². The summed E-state index contributed by atoms with van der Waals surface area (Å²) in [4.78, 5) is 12.2. The zero-order chi connectivity index (χ0) is 30.4. The van der Waals surface area contributed by atoms with E-state index in [1.165, 1.54) is 24.3 Å². The number of alkyl halides is 3. The molecule has 0 saturated heterocycles. The van der Waals surface area contributed by atoms with E-state index < -0.39 is 18.2 Å². The summed E-state index contributed by atoms with van der Waals surface area (Å²) >= 11 is 0. The number of carboxylic acid groups (broad SMARTS) is 1. The van der Waals surface area contributed by atoms with Crippen LogP contribution in [0.25, 0.3) is 16.9 Å². The number of nitrogens with zero attached hydrogens (tertiary/aromatic N) is 2. The summed E-state index contributed by atoms with van der Waals surface area (Å²) < 4.78 is 54.4. The molecule has 0 bridgehead atoms. The number of halogens is 3. The molecule has 0 spiro atoms. The van der Waals surface area contributed by atoms with Gasteiger partial charge in [-0.3, -0.25) is 4.79 Å². The lowest BCUT2D eigenvalue weighted by molar-refractivity contribution is -0.274. The fourth-order valence-electron chi connectivity index (χ4n) is 4.59. The van der Waals surface area contributed by atoms with Crippen LogP contribution in [0.3, 0.4) is 0 Å². The van der Waals surface area contributed by atoms with Crippen molar-refractivity contribution < 1.29 is 37.3 Å². The molecule has 0 aliphatic rings. The van der Waals surface area contributed by atoms with Crippen molar-refractivity contribution in [2.75, 3.05) is 7.11 Å². The fraction of sp³-hybridized carbons (Fsp3) is 0.152. The fourth-order valence-corrected chi connectivity index (χ4v) is 4.59. The van der Waals surface area contributed by atoms with Crippen LogP contribution in [0.5, 0.6) is 23.0 Å². The van der Waals surface area contributed by atoms with Gasteiger partial charge in [-0.25, -0.2) is 4.68 Å². The van der Waals surface area contributed by atoms with Gasteiger partial charge in [0.25, 0.3) is 0 Å². The summed E-state index contributed by atoms with van der Waals surface area (Å²) in [6.07, 6.45) is -4.61. The maximum Gasteiger partial charge on any atom is 0.573 e. The molecule has 7 nitrogen and oxygen atoms in total. The van der Waals surface area contributed by atoms with Crippen molar-refractivity contribution in [2.24, 2.45) is 5.92 Å². The van der Waals surface area contributed by atoms with E-state index in [0.29, 0.717) is 28.5 Å². The normalized spacial score (nSPS) is 12.0. The van der Waals surface area contributed by atoms with Crippen molar-refractivity contribution in [1.82, 2.24) is 9.78 Å². The third kappa shape index (κ3) is 7.73. The molecule has 0 fully saturated rings. The molecule has 1 N–H and O–H groups in total. The Morgan fingerprint density at radius 2 is 1.42 bits per heavy atom. The molecule has 220 valence electrons. The van der Waals surface area contributed by atoms with Gasteiger partial charge in [-0.1, -0.05) is 30.3 Å². The number of benzene rings is 4. The van der Waals surface area contributed by atoms with Crippen LogP contribution in [-0.2, 0) is 17.6 Å². The molecular formula is C33H27F3N2O5. The van der Waals surface area contributed by atoms with Gasteiger partial charge in [0.05, 0.1) is 30.1 Å². The standard InChI is InChI=1S/C33H27F3N2O5/c1-41-27-17-11-26(12-18-27)38-31(23-9-15-29(16-10-23)42-28-5-3-2-4-6-28)21-25(37-38)20-24(32(39)40)19-22-7-13-30(14-8-22)43-33(34,35)36/h2-18,21,24H,19-20H2,1H3,(H,39,40). The molecule has 4 aromatic carbocycles. The van der Waals surface area contributed by atoms with Gasteiger partial charge in [-0.05, 0) is 90.8 Å². The molecule has 1 aromatic heterocycles. The second-order valence-corrected chi connectivity index (χ2v) is 9.71. The van der Waals surface area contributed by atoms with Crippen LogP contribution in [-0.4, -0.2) is 34.3 Å². The third-order valence-electron chi connectivity index (χ3n) is 6.65. The van der Waals surface area contributed by atoms with Gasteiger partial charge in [0.1, 0.15) is 23.0 Å². The number of hydrogen-bond donors (Lipinski definition) is 1. The summed E-state index contributed by atoms with van der Waals surface area (Å²) in [7, 11) is 1.58. The summed E-state index contributed by atoms with van der Waals surface area (Å²) in [6, 6.07) is 31.3. The highest BCUT2D eigenvalue weighted by Gasteiger charge is 2.31. The molecular weight excluding hydrogens is 561 g/mol. The average molecular weight is 589 g/mol.